The van der Waals surface area contributed by atoms with E-state index in [0.717, 1.165) is 44.1 Å². The van der Waals surface area contributed by atoms with Crippen molar-refractivity contribution in [2.45, 2.75) is 26.7 Å². The SMILES string of the molecule is Cc1nn2c(Nc3ccc(Br)cc3)cc(C(C)C)nc2c1-c1ccccc1. The Bertz CT molecular complexity index is 1080. The lowest BCUT2D eigenvalue weighted by Gasteiger charge is -2.13. The van der Waals surface area contributed by atoms with Gasteiger partial charge in [-0.1, -0.05) is 60.1 Å². The Hall–Kier alpha value is -2.66. The van der Waals surface area contributed by atoms with Crippen molar-refractivity contribution in [2.75, 3.05) is 5.32 Å². The molecule has 27 heavy (non-hydrogen) atoms. The summed E-state index contributed by atoms with van der Waals surface area (Å²) >= 11 is 3.48. The molecule has 0 saturated carbocycles. The Labute approximate surface area is 167 Å². The maximum Gasteiger partial charge on any atom is 0.165 e. The smallest absolute Gasteiger partial charge is 0.165 e. The lowest BCUT2D eigenvalue weighted by atomic mass is 10.1. The second-order valence-corrected chi connectivity index (χ2v) is 7.83. The van der Waals surface area contributed by atoms with E-state index in [-0.39, 0.29) is 0 Å². The van der Waals surface area contributed by atoms with Crippen molar-refractivity contribution in [3.8, 4) is 11.1 Å². The van der Waals surface area contributed by atoms with E-state index < -0.39 is 0 Å². The Morgan fingerprint density at radius 2 is 1.70 bits per heavy atom. The zero-order chi connectivity index (χ0) is 19.0. The molecule has 0 spiro atoms. The van der Waals surface area contributed by atoms with Crippen molar-refractivity contribution >= 4 is 33.1 Å². The van der Waals surface area contributed by atoms with Gasteiger partial charge < -0.3 is 5.32 Å². The van der Waals surface area contributed by atoms with Crippen LogP contribution in [0.15, 0.2) is 65.1 Å². The molecule has 0 aliphatic heterocycles. The number of hydrogen-bond acceptors (Lipinski definition) is 3. The van der Waals surface area contributed by atoms with Gasteiger partial charge in [0.05, 0.1) is 5.69 Å². The van der Waals surface area contributed by atoms with Crippen LogP contribution in [0.4, 0.5) is 11.5 Å². The summed E-state index contributed by atoms with van der Waals surface area (Å²) in [5.74, 6) is 1.23. The van der Waals surface area contributed by atoms with Crippen LogP contribution in [0.5, 0.6) is 0 Å². The second kappa shape index (κ2) is 7.16. The highest BCUT2D eigenvalue weighted by molar-refractivity contribution is 9.10. The van der Waals surface area contributed by atoms with Gasteiger partial charge in [-0.2, -0.15) is 9.61 Å². The van der Waals surface area contributed by atoms with Crippen molar-refractivity contribution in [3.05, 3.63) is 76.5 Å². The van der Waals surface area contributed by atoms with Crippen LogP contribution in [0.1, 0.15) is 31.2 Å². The monoisotopic (exact) mass is 420 g/mol. The normalized spacial score (nSPS) is 11.3. The van der Waals surface area contributed by atoms with Gasteiger partial charge in [-0.3, -0.25) is 0 Å². The van der Waals surface area contributed by atoms with E-state index in [2.05, 4.69) is 53.3 Å². The van der Waals surface area contributed by atoms with Crippen LogP contribution in [-0.2, 0) is 0 Å². The van der Waals surface area contributed by atoms with E-state index >= 15 is 0 Å². The second-order valence-electron chi connectivity index (χ2n) is 6.91. The zero-order valence-corrected chi connectivity index (χ0v) is 17.2. The fourth-order valence-electron chi connectivity index (χ4n) is 3.15. The largest absolute Gasteiger partial charge is 0.340 e. The number of aryl methyl sites for hydroxylation is 1. The number of rotatable bonds is 4. The standard InChI is InChI=1S/C22H21BrN4/c1-14(2)19-13-20(24-18-11-9-17(23)10-12-18)27-22(25-19)21(15(3)26-27)16-7-5-4-6-8-16/h4-14,24H,1-3H3. The molecule has 0 aliphatic carbocycles. The molecule has 5 heteroatoms. The summed E-state index contributed by atoms with van der Waals surface area (Å²) in [4.78, 5) is 4.94. The van der Waals surface area contributed by atoms with Gasteiger partial charge in [0.15, 0.2) is 5.65 Å². The predicted octanol–water partition coefficient (Wildman–Crippen LogP) is 6.33. The van der Waals surface area contributed by atoms with E-state index in [1.807, 2.05) is 53.9 Å². The van der Waals surface area contributed by atoms with Gasteiger partial charge in [0, 0.05) is 27.5 Å². The molecule has 0 bridgehead atoms. The van der Waals surface area contributed by atoms with Crippen LogP contribution in [-0.4, -0.2) is 14.6 Å². The summed E-state index contributed by atoms with van der Waals surface area (Å²) in [6, 6.07) is 20.5. The topological polar surface area (TPSA) is 42.2 Å². The predicted molar refractivity (Wildman–Crippen MR) is 115 cm³/mol. The highest BCUT2D eigenvalue weighted by atomic mass is 79.9. The van der Waals surface area contributed by atoms with Crippen LogP contribution in [0.2, 0.25) is 0 Å². The fourth-order valence-corrected chi connectivity index (χ4v) is 3.42. The summed E-state index contributed by atoms with van der Waals surface area (Å²) in [7, 11) is 0. The van der Waals surface area contributed by atoms with Crippen LogP contribution >= 0.6 is 15.9 Å². The molecule has 0 amide bonds. The van der Waals surface area contributed by atoms with Crippen LogP contribution < -0.4 is 5.32 Å². The molecule has 0 radical (unpaired) electrons. The van der Waals surface area contributed by atoms with Gasteiger partial charge in [-0.05, 0) is 42.7 Å². The molecule has 0 fully saturated rings. The lowest BCUT2D eigenvalue weighted by Crippen LogP contribution is -2.05. The first-order valence-corrected chi connectivity index (χ1v) is 9.80. The molecule has 2 heterocycles. The molecule has 4 aromatic rings. The highest BCUT2D eigenvalue weighted by Gasteiger charge is 2.17. The lowest BCUT2D eigenvalue weighted by molar-refractivity contribution is 0.810. The average molecular weight is 421 g/mol. The van der Waals surface area contributed by atoms with Crippen molar-refractivity contribution in [1.29, 1.82) is 0 Å². The van der Waals surface area contributed by atoms with Gasteiger partial charge in [0.1, 0.15) is 5.82 Å². The first-order valence-electron chi connectivity index (χ1n) is 9.01. The van der Waals surface area contributed by atoms with Crippen molar-refractivity contribution < 1.29 is 0 Å². The van der Waals surface area contributed by atoms with E-state index in [9.17, 15) is 0 Å². The van der Waals surface area contributed by atoms with Gasteiger partial charge in [0.25, 0.3) is 0 Å². The zero-order valence-electron chi connectivity index (χ0n) is 15.6. The van der Waals surface area contributed by atoms with Crippen molar-refractivity contribution in [3.63, 3.8) is 0 Å². The van der Waals surface area contributed by atoms with E-state index in [1.54, 1.807) is 0 Å². The molecular formula is C22H21BrN4. The van der Waals surface area contributed by atoms with Crippen LogP contribution in [0.3, 0.4) is 0 Å². The minimum atomic E-state index is 0.319. The average Bonchev–Trinajstić information content (AvgIpc) is 3.00. The molecule has 4 nitrogen and oxygen atoms in total. The first kappa shape index (κ1) is 17.7. The summed E-state index contributed by atoms with van der Waals surface area (Å²) in [5.41, 5.74) is 6.11. The molecular weight excluding hydrogens is 400 g/mol. The number of aromatic nitrogens is 3. The van der Waals surface area contributed by atoms with Crippen LogP contribution in [0.25, 0.3) is 16.8 Å². The number of hydrogen-bond donors (Lipinski definition) is 1. The maximum absolute atomic E-state index is 4.94. The number of benzene rings is 2. The van der Waals surface area contributed by atoms with Crippen LogP contribution in [0, 0.1) is 6.92 Å². The molecule has 4 rings (SSSR count). The van der Waals surface area contributed by atoms with E-state index in [0.29, 0.717) is 5.92 Å². The minimum absolute atomic E-state index is 0.319. The Balaban J connectivity index is 1.92. The maximum atomic E-state index is 4.94. The number of nitrogens with one attached hydrogen (secondary N) is 1. The molecule has 0 saturated heterocycles. The molecule has 0 atom stereocenters. The summed E-state index contributed by atoms with van der Waals surface area (Å²) < 4.78 is 2.96. The molecule has 2 aromatic heterocycles. The minimum Gasteiger partial charge on any atom is -0.340 e. The Morgan fingerprint density at radius 1 is 1.00 bits per heavy atom. The third kappa shape index (κ3) is 3.47. The number of fused-ring (bicyclic) bond motifs is 1. The number of halogens is 1. The van der Waals surface area contributed by atoms with Gasteiger partial charge >= 0.3 is 0 Å². The summed E-state index contributed by atoms with van der Waals surface area (Å²) in [6.45, 7) is 6.36. The van der Waals surface area contributed by atoms with Crippen molar-refractivity contribution in [2.24, 2.45) is 0 Å². The third-order valence-electron chi connectivity index (χ3n) is 4.55. The number of anilines is 2. The first-order chi connectivity index (χ1) is 13.0. The fraction of sp³-hybridized carbons (Fsp3) is 0.182. The summed E-state index contributed by atoms with van der Waals surface area (Å²) in [5, 5.41) is 8.29. The molecule has 0 aliphatic rings. The van der Waals surface area contributed by atoms with Gasteiger partial charge in [-0.15, -0.1) is 0 Å². The van der Waals surface area contributed by atoms with Crippen molar-refractivity contribution in [1.82, 2.24) is 14.6 Å². The quantitative estimate of drug-likeness (QED) is 0.419. The van der Waals surface area contributed by atoms with Gasteiger partial charge in [-0.25, -0.2) is 4.98 Å². The molecule has 0 unspecified atom stereocenters. The Kier molecular flexibility index (Phi) is 4.70. The van der Waals surface area contributed by atoms with E-state index in [1.165, 1.54) is 0 Å². The van der Waals surface area contributed by atoms with E-state index in [4.69, 9.17) is 10.1 Å². The molecule has 1 N–H and O–H groups in total. The number of nitrogens with zero attached hydrogens (tertiary/aromatic N) is 3. The third-order valence-corrected chi connectivity index (χ3v) is 5.08. The molecule has 136 valence electrons. The van der Waals surface area contributed by atoms with Gasteiger partial charge in [0.2, 0.25) is 0 Å². The molecule has 2 aromatic carbocycles. The highest BCUT2D eigenvalue weighted by Crippen LogP contribution is 2.31. The summed E-state index contributed by atoms with van der Waals surface area (Å²) in [6.07, 6.45) is 0. The Morgan fingerprint density at radius 3 is 2.37 bits per heavy atom.